The number of rotatable bonds is 33. The molecule has 0 bridgehead atoms. The van der Waals surface area contributed by atoms with Crippen LogP contribution in [0, 0.1) is 0 Å². The van der Waals surface area contributed by atoms with Crippen LogP contribution in [0.3, 0.4) is 0 Å². The number of carbonyl (C=O) groups is 2. The van der Waals surface area contributed by atoms with Crippen LogP contribution in [0.2, 0.25) is 0 Å². The summed E-state index contributed by atoms with van der Waals surface area (Å²) in [6, 6.07) is 0. The Hall–Kier alpha value is -1.83. The van der Waals surface area contributed by atoms with E-state index >= 15 is 0 Å². The third-order valence-corrected chi connectivity index (χ3v) is 10.1. The molecular formula is C40H72O12S. The van der Waals surface area contributed by atoms with Gasteiger partial charge in [-0.2, -0.15) is 8.42 Å². The van der Waals surface area contributed by atoms with Gasteiger partial charge in [-0.05, 0) is 50.7 Å². The van der Waals surface area contributed by atoms with Crippen LogP contribution in [0.1, 0.15) is 168 Å². The van der Waals surface area contributed by atoms with E-state index in [2.05, 4.69) is 31.7 Å². The summed E-state index contributed by atoms with van der Waals surface area (Å²) in [6.07, 6.45) is 19.1. The summed E-state index contributed by atoms with van der Waals surface area (Å²) >= 11 is 0. The van der Waals surface area contributed by atoms with Crippen molar-refractivity contribution in [3.05, 3.63) is 17.9 Å². The maximum absolute atomic E-state index is 12.7. The zero-order valence-corrected chi connectivity index (χ0v) is 33.5. The third kappa shape index (κ3) is 26.6. The lowest BCUT2D eigenvalue weighted by Gasteiger charge is -2.40. The number of carbonyl (C=O) groups excluding carboxylic acids is 2. The van der Waals surface area contributed by atoms with Crippen LogP contribution >= 0.6 is 0 Å². The van der Waals surface area contributed by atoms with Gasteiger partial charge >= 0.3 is 11.9 Å². The second kappa shape index (κ2) is 31.4. The molecule has 0 spiro atoms. The van der Waals surface area contributed by atoms with E-state index in [1.54, 1.807) is 0 Å². The number of esters is 2. The van der Waals surface area contributed by atoms with Gasteiger partial charge in [0.1, 0.15) is 36.8 Å². The van der Waals surface area contributed by atoms with Gasteiger partial charge in [-0.3, -0.25) is 14.1 Å². The molecule has 1 aliphatic heterocycles. The Kier molecular flexibility index (Phi) is 29.1. The SMILES string of the molecule is CCCCCCCC=C=CCCCCCCCC(=O)O[C@H](COC(=O)CCCCCCCCCCCC)CO[C@H]1O[C@H](CS(=O)(=O)O)[C@@H](O)C(O)C1O. The molecule has 12 nitrogen and oxygen atoms in total. The maximum atomic E-state index is 12.7. The summed E-state index contributed by atoms with van der Waals surface area (Å²) in [5.41, 5.74) is 3.27. The quantitative estimate of drug-likeness (QED) is 0.0227. The Bertz CT molecular complexity index is 1110. The van der Waals surface area contributed by atoms with Crippen molar-refractivity contribution in [3.63, 3.8) is 0 Å². The highest BCUT2D eigenvalue weighted by molar-refractivity contribution is 7.85. The minimum Gasteiger partial charge on any atom is -0.462 e. The van der Waals surface area contributed by atoms with Crippen molar-refractivity contribution in [1.82, 2.24) is 0 Å². The predicted octanol–water partition coefficient (Wildman–Crippen LogP) is 7.27. The maximum Gasteiger partial charge on any atom is 0.306 e. The van der Waals surface area contributed by atoms with Gasteiger partial charge in [0.15, 0.2) is 12.4 Å². The highest BCUT2D eigenvalue weighted by Crippen LogP contribution is 2.24. The number of hydrogen-bond acceptors (Lipinski definition) is 11. The fourth-order valence-corrected chi connectivity index (χ4v) is 6.81. The highest BCUT2D eigenvalue weighted by atomic mass is 32.2. The minimum atomic E-state index is -4.60. The van der Waals surface area contributed by atoms with Gasteiger partial charge in [-0.25, -0.2) is 0 Å². The summed E-state index contributed by atoms with van der Waals surface area (Å²) in [7, 11) is -4.60. The lowest BCUT2D eigenvalue weighted by molar-refractivity contribution is -0.297. The van der Waals surface area contributed by atoms with E-state index < -0.39 is 71.2 Å². The first-order valence-corrected chi connectivity index (χ1v) is 22.1. The molecule has 0 radical (unpaired) electrons. The first kappa shape index (κ1) is 49.2. The molecule has 0 saturated carbocycles. The molecule has 1 saturated heterocycles. The van der Waals surface area contributed by atoms with Gasteiger partial charge in [0.05, 0.1) is 6.61 Å². The molecular weight excluding hydrogens is 704 g/mol. The second-order valence-corrected chi connectivity index (χ2v) is 15.9. The molecule has 2 unspecified atom stereocenters. The van der Waals surface area contributed by atoms with E-state index in [1.165, 1.54) is 70.6 Å². The lowest BCUT2D eigenvalue weighted by atomic mass is 10.00. The topological polar surface area (TPSA) is 186 Å². The van der Waals surface area contributed by atoms with Crippen LogP contribution in [-0.4, -0.2) is 96.0 Å². The van der Waals surface area contributed by atoms with Crippen molar-refractivity contribution >= 4 is 22.1 Å². The van der Waals surface area contributed by atoms with E-state index in [1.807, 2.05) is 0 Å². The first-order valence-electron chi connectivity index (χ1n) is 20.5. The molecule has 1 fully saturated rings. The summed E-state index contributed by atoms with van der Waals surface area (Å²) in [6.45, 7) is 3.69. The molecule has 6 atom stereocenters. The van der Waals surface area contributed by atoms with Gasteiger partial charge in [-0.1, -0.05) is 117 Å². The van der Waals surface area contributed by atoms with Gasteiger partial charge < -0.3 is 34.3 Å². The van der Waals surface area contributed by atoms with Crippen LogP contribution in [0.5, 0.6) is 0 Å². The van der Waals surface area contributed by atoms with E-state index in [0.29, 0.717) is 12.8 Å². The summed E-state index contributed by atoms with van der Waals surface area (Å²) in [5.74, 6) is -2.00. The van der Waals surface area contributed by atoms with Gasteiger partial charge in [-0.15, -0.1) is 5.73 Å². The molecule has 1 rings (SSSR count). The Morgan fingerprint density at radius 3 is 1.64 bits per heavy atom. The van der Waals surface area contributed by atoms with E-state index in [9.17, 15) is 37.9 Å². The highest BCUT2D eigenvalue weighted by Gasteiger charge is 2.46. The molecule has 0 aromatic rings. The molecule has 4 N–H and O–H groups in total. The fourth-order valence-electron chi connectivity index (χ4n) is 6.12. The number of aliphatic hydroxyl groups is 3. The number of hydrogen-bond donors (Lipinski definition) is 4. The Morgan fingerprint density at radius 2 is 1.13 bits per heavy atom. The van der Waals surface area contributed by atoms with Crippen molar-refractivity contribution < 1.29 is 56.8 Å². The average molecular weight is 777 g/mol. The second-order valence-electron chi connectivity index (χ2n) is 14.4. The van der Waals surface area contributed by atoms with Gasteiger partial charge in [0.2, 0.25) is 0 Å². The summed E-state index contributed by atoms with van der Waals surface area (Å²) in [4.78, 5) is 25.2. The van der Waals surface area contributed by atoms with Crippen molar-refractivity contribution in [2.45, 2.75) is 205 Å². The van der Waals surface area contributed by atoms with Crippen molar-refractivity contribution in [3.8, 4) is 0 Å². The number of unbranched alkanes of at least 4 members (excludes halogenated alkanes) is 19. The lowest BCUT2D eigenvalue weighted by Crippen LogP contribution is -2.60. The molecule has 0 aromatic heterocycles. The molecule has 13 heteroatoms. The summed E-state index contributed by atoms with van der Waals surface area (Å²) < 4.78 is 53.8. The fraction of sp³-hybridized carbons (Fsp3) is 0.875. The largest absolute Gasteiger partial charge is 0.462 e. The Labute approximate surface area is 319 Å². The normalized spacial score (nSPS) is 20.8. The number of allylic oxidation sites excluding steroid dienone is 1. The standard InChI is InChI=1S/C40H72O12S/c1-3-5-7-9-11-13-15-16-17-18-19-21-23-25-27-29-36(42)51-33(30-49-35(41)28-26-24-22-20-14-12-10-8-6-4-2)31-50-40-39(45)38(44)37(43)34(52-40)32-53(46,47)48/h15,17,33-34,37-40,43-45H,3-14,18-32H2,1-2H3,(H,46,47,48)/t16?,33-,34-,37-,38?,39?,40+/m1/s1. The molecule has 1 heterocycles. The molecule has 53 heavy (non-hydrogen) atoms. The third-order valence-electron chi connectivity index (χ3n) is 9.37. The minimum absolute atomic E-state index is 0.147. The van der Waals surface area contributed by atoms with E-state index in [4.69, 9.17) is 18.9 Å². The smallest absolute Gasteiger partial charge is 0.306 e. The van der Waals surface area contributed by atoms with Crippen molar-refractivity contribution in [2.75, 3.05) is 19.0 Å². The molecule has 0 amide bonds. The van der Waals surface area contributed by atoms with Crippen molar-refractivity contribution in [1.29, 1.82) is 0 Å². The van der Waals surface area contributed by atoms with Crippen LogP contribution in [0.4, 0.5) is 0 Å². The zero-order chi connectivity index (χ0) is 39.2. The Balaban J connectivity index is 2.52. The van der Waals surface area contributed by atoms with Crippen LogP contribution in [0.15, 0.2) is 17.9 Å². The van der Waals surface area contributed by atoms with E-state index in [0.717, 1.165) is 57.8 Å². The molecule has 0 aliphatic carbocycles. The van der Waals surface area contributed by atoms with Crippen LogP contribution in [-0.2, 0) is 38.7 Å². The molecule has 0 aromatic carbocycles. The Morgan fingerprint density at radius 1 is 0.660 bits per heavy atom. The van der Waals surface area contributed by atoms with Crippen LogP contribution < -0.4 is 0 Å². The molecule has 310 valence electrons. The summed E-state index contributed by atoms with van der Waals surface area (Å²) in [5, 5.41) is 30.8. The average Bonchev–Trinajstić information content (AvgIpc) is 3.12. The van der Waals surface area contributed by atoms with Crippen LogP contribution in [0.25, 0.3) is 0 Å². The first-order chi connectivity index (χ1) is 25.5. The van der Waals surface area contributed by atoms with E-state index in [-0.39, 0.29) is 19.4 Å². The predicted molar refractivity (Wildman–Crippen MR) is 205 cm³/mol. The molecule has 1 aliphatic rings. The van der Waals surface area contributed by atoms with Crippen molar-refractivity contribution in [2.24, 2.45) is 0 Å². The number of ether oxygens (including phenoxy) is 4. The van der Waals surface area contributed by atoms with Gasteiger partial charge in [0.25, 0.3) is 10.1 Å². The zero-order valence-electron chi connectivity index (χ0n) is 32.7. The van der Waals surface area contributed by atoms with Gasteiger partial charge in [0, 0.05) is 12.8 Å². The monoisotopic (exact) mass is 776 g/mol. The number of aliphatic hydroxyl groups excluding tert-OH is 3.